The molecule has 48 valence electrons. The van der Waals surface area contributed by atoms with Crippen LogP contribution >= 0.6 is 0 Å². The van der Waals surface area contributed by atoms with E-state index in [0.29, 0.717) is 6.54 Å². The van der Waals surface area contributed by atoms with Crippen molar-refractivity contribution in [3.05, 3.63) is 0 Å². The fraction of sp³-hybridized carbons (Fsp3) is 0.750. The molecule has 0 fully saturated rings. The second-order valence-electron chi connectivity index (χ2n) is 1.63. The predicted molar refractivity (Wildman–Crippen MR) is 30.8 cm³/mol. The van der Waals surface area contributed by atoms with Crippen LogP contribution in [0.2, 0.25) is 0 Å². The first-order valence-electron chi connectivity index (χ1n) is 2.38. The van der Waals surface area contributed by atoms with Crippen LogP contribution in [0, 0.1) is 0 Å². The van der Waals surface area contributed by atoms with Crippen LogP contribution in [0.1, 0.15) is 6.92 Å². The van der Waals surface area contributed by atoms with Gasteiger partial charge in [-0.05, 0) is 6.92 Å². The number of ketones is 1. The quantitative estimate of drug-likeness (QED) is 0.306. The fourth-order valence-electron chi connectivity index (χ4n) is 0.271. The fourth-order valence-corrected chi connectivity index (χ4v) is 0.271. The lowest BCUT2D eigenvalue weighted by atomic mass is 10.2. The maximum atomic E-state index is 10.3. The Morgan fingerprint density at radius 3 is 2.50 bits per heavy atom. The summed E-state index contributed by atoms with van der Waals surface area (Å²) in [5.74, 6) is 4.83. The summed E-state index contributed by atoms with van der Waals surface area (Å²) in [6.07, 6.45) is 0. The number of hydrogen-bond acceptors (Lipinski definition) is 4. The Labute approximate surface area is 48.2 Å². The van der Waals surface area contributed by atoms with Crippen molar-refractivity contribution in [2.75, 3.05) is 6.54 Å². The monoisotopic (exact) mass is 117 g/mol. The number of nitrogens with one attached hydrogen (secondary N) is 1. The van der Waals surface area contributed by atoms with E-state index in [-0.39, 0.29) is 5.78 Å². The molecule has 0 amide bonds. The van der Waals surface area contributed by atoms with Crippen molar-refractivity contribution < 1.29 is 4.79 Å². The number of carbonyl (C=O) groups is 1. The molecule has 0 spiro atoms. The summed E-state index contributed by atoms with van der Waals surface area (Å²) in [6.45, 7) is 1.78. The van der Waals surface area contributed by atoms with E-state index in [1.807, 2.05) is 0 Å². The number of hydrogen-bond donors (Lipinski definition) is 3. The Morgan fingerprint density at radius 1 is 1.88 bits per heavy atom. The first-order valence-corrected chi connectivity index (χ1v) is 2.38. The summed E-state index contributed by atoms with van der Waals surface area (Å²) in [7, 11) is 0. The van der Waals surface area contributed by atoms with Gasteiger partial charge in [-0.3, -0.25) is 16.1 Å². The molecule has 4 nitrogen and oxygen atoms in total. The highest BCUT2D eigenvalue weighted by Gasteiger charge is 2.04. The Hall–Kier alpha value is -0.450. The van der Waals surface area contributed by atoms with E-state index in [0.717, 1.165) is 0 Å². The third-order valence-corrected chi connectivity index (χ3v) is 0.860. The highest BCUT2D eigenvalue weighted by atomic mass is 16.1. The van der Waals surface area contributed by atoms with E-state index in [1.165, 1.54) is 6.92 Å². The van der Waals surface area contributed by atoms with Crippen molar-refractivity contribution in [1.29, 1.82) is 0 Å². The molecule has 0 aliphatic heterocycles. The van der Waals surface area contributed by atoms with Crippen molar-refractivity contribution in [2.24, 2.45) is 11.6 Å². The molecule has 0 aromatic carbocycles. The number of nitrogens with two attached hydrogens (primary N) is 2. The maximum absolute atomic E-state index is 10.3. The highest BCUT2D eigenvalue weighted by Crippen LogP contribution is 1.74. The van der Waals surface area contributed by atoms with Gasteiger partial charge in [-0.1, -0.05) is 0 Å². The molecule has 8 heavy (non-hydrogen) atoms. The molecule has 0 aromatic heterocycles. The third kappa shape index (κ3) is 2.68. The smallest absolute Gasteiger partial charge is 0.147 e. The molecule has 0 saturated carbocycles. The average molecular weight is 117 g/mol. The molecule has 0 rings (SSSR count). The minimum absolute atomic E-state index is 0.0528. The zero-order chi connectivity index (χ0) is 6.57. The van der Waals surface area contributed by atoms with Crippen LogP contribution in [0.3, 0.4) is 0 Å². The number of hydrazine groups is 1. The molecule has 0 saturated heterocycles. The number of Topliss-reactive ketones (excluding diaryl/α,β-unsaturated/α-hetero) is 1. The van der Waals surface area contributed by atoms with Gasteiger partial charge >= 0.3 is 0 Å². The van der Waals surface area contributed by atoms with E-state index < -0.39 is 6.04 Å². The van der Waals surface area contributed by atoms with Crippen LogP contribution in [0.25, 0.3) is 0 Å². The Bertz CT molecular complexity index is 83.4. The van der Waals surface area contributed by atoms with Crippen molar-refractivity contribution in [3.63, 3.8) is 0 Å². The van der Waals surface area contributed by atoms with Gasteiger partial charge in [-0.25, -0.2) is 0 Å². The molecule has 0 aromatic rings. The molecule has 0 aliphatic rings. The van der Waals surface area contributed by atoms with E-state index in [1.54, 1.807) is 0 Å². The largest absolute Gasteiger partial charge is 0.320 e. The summed E-state index contributed by atoms with van der Waals surface area (Å²) in [4.78, 5) is 10.3. The second-order valence-corrected chi connectivity index (χ2v) is 1.63. The molecule has 1 unspecified atom stereocenters. The van der Waals surface area contributed by atoms with Crippen molar-refractivity contribution in [1.82, 2.24) is 5.43 Å². The van der Waals surface area contributed by atoms with E-state index in [2.05, 4.69) is 5.43 Å². The Kier molecular flexibility index (Phi) is 3.34. The Morgan fingerprint density at radius 2 is 2.38 bits per heavy atom. The lowest BCUT2D eigenvalue weighted by Gasteiger charge is -2.03. The standard InChI is InChI=1S/C4H11N3O/c1-3(8)4(5)2-7-6/h4,7H,2,5-6H2,1H3. The molecule has 0 radical (unpaired) electrons. The summed E-state index contributed by atoms with van der Waals surface area (Å²) >= 11 is 0. The zero-order valence-corrected chi connectivity index (χ0v) is 4.85. The van der Waals surface area contributed by atoms with Crippen LogP contribution in [0.15, 0.2) is 0 Å². The van der Waals surface area contributed by atoms with Gasteiger partial charge in [0, 0.05) is 6.54 Å². The van der Waals surface area contributed by atoms with Crippen LogP contribution in [0.4, 0.5) is 0 Å². The minimum Gasteiger partial charge on any atom is -0.320 e. The van der Waals surface area contributed by atoms with E-state index >= 15 is 0 Å². The normalized spacial score (nSPS) is 13.4. The molecule has 0 aliphatic carbocycles. The molecule has 1 atom stereocenters. The molecular weight excluding hydrogens is 106 g/mol. The molecule has 0 bridgehead atoms. The van der Waals surface area contributed by atoms with Crippen molar-refractivity contribution in [2.45, 2.75) is 13.0 Å². The van der Waals surface area contributed by atoms with Gasteiger partial charge < -0.3 is 5.73 Å². The van der Waals surface area contributed by atoms with Crippen molar-refractivity contribution in [3.8, 4) is 0 Å². The topological polar surface area (TPSA) is 81.1 Å². The van der Waals surface area contributed by atoms with Crippen LogP contribution < -0.4 is 17.0 Å². The summed E-state index contributed by atoms with van der Waals surface area (Å²) < 4.78 is 0. The second kappa shape index (κ2) is 3.54. The van der Waals surface area contributed by atoms with Crippen LogP contribution in [-0.4, -0.2) is 18.4 Å². The molecule has 4 heteroatoms. The lowest BCUT2D eigenvalue weighted by molar-refractivity contribution is -0.118. The molecular formula is C4H11N3O. The van der Waals surface area contributed by atoms with Gasteiger partial charge in [0.05, 0.1) is 6.04 Å². The molecule has 5 N–H and O–H groups in total. The van der Waals surface area contributed by atoms with Gasteiger partial charge in [0.15, 0.2) is 0 Å². The van der Waals surface area contributed by atoms with Gasteiger partial charge in [0.25, 0.3) is 0 Å². The Balaban J connectivity index is 3.32. The van der Waals surface area contributed by atoms with Gasteiger partial charge in [-0.2, -0.15) is 0 Å². The highest BCUT2D eigenvalue weighted by molar-refractivity contribution is 5.81. The minimum atomic E-state index is -0.458. The third-order valence-electron chi connectivity index (χ3n) is 0.860. The SMILES string of the molecule is CC(=O)C(N)CNN. The summed E-state index contributed by atoms with van der Waals surface area (Å²) in [5.41, 5.74) is 7.54. The van der Waals surface area contributed by atoms with Crippen molar-refractivity contribution >= 4 is 5.78 Å². The summed E-state index contributed by atoms with van der Waals surface area (Å²) in [6, 6.07) is -0.458. The van der Waals surface area contributed by atoms with Gasteiger partial charge in [0.1, 0.15) is 5.78 Å². The predicted octanol–water partition coefficient (Wildman–Crippen LogP) is -1.63. The lowest BCUT2D eigenvalue weighted by Crippen LogP contribution is -2.41. The first kappa shape index (κ1) is 7.55. The average Bonchev–Trinajstić information content (AvgIpc) is 1.67. The molecule has 0 heterocycles. The van der Waals surface area contributed by atoms with Crippen LogP contribution in [-0.2, 0) is 4.79 Å². The van der Waals surface area contributed by atoms with E-state index in [4.69, 9.17) is 11.6 Å². The number of carbonyl (C=O) groups excluding carboxylic acids is 1. The zero-order valence-electron chi connectivity index (χ0n) is 4.85. The summed E-state index contributed by atoms with van der Waals surface area (Å²) in [5, 5.41) is 0. The first-order chi connectivity index (χ1) is 3.68. The van der Waals surface area contributed by atoms with Crippen LogP contribution in [0.5, 0.6) is 0 Å². The maximum Gasteiger partial charge on any atom is 0.147 e. The van der Waals surface area contributed by atoms with Gasteiger partial charge in [-0.15, -0.1) is 0 Å². The number of rotatable bonds is 3. The van der Waals surface area contributed by atoms with Gasteiger partial charge in [0.2, 0.25) is 0 Å². The van der Waals surface area contributed by atoms with E-state index in [9.17, 15) is 4.79 Å².